The van der Waals surface area contributed by atoms with Crippen LogP contribution in [0, 0.1) is 0 Å². The summed E-state index contributed by atoms with van der Waals surface area (Å²) in [5.74, 6) is 2.69. The van der Waals surface area contributed by atoms with E-state index in [1.807, 2.05) is 153 Å². The Labute approximate surface area is 429 Å². The molecule has 0 spiro atoms. The van der Waals surface area contributed by atoms with Crippen LogP contribution < -0.4 is 29.1 Å². The third-order valence-corrected chi connectivity index (χ3v) is 17.3. The predicted octanol–water partition coefficient (Wildman–Crippen LogP) is 13.3. The van der Waals surface area contributed by atoms with Crippen molar-refractivity contribution in [1.82, 2.24) is 0 Å². The first kappa shape index (κ1) is 56.8. The van der Waals surface area contributed by atoms with Crippen LogP contribution in [0.15, 0.2) is 194 Å². The Balaban J connectivity index is 0.000000246. The number of fused-ring (bicyclic) bond motifs is 6. The Morgan fingerprint density at radius 3 is 1.01 bits per heavy atom. The summed E-state index contributed by atoms with van der Waals surface area (Å²) in [7, 11) is -7.01. The monoisotopic (exact) mass is 1020 g/mol. The van der Waals surface area contributed by atoms with Crippen molar-refractivity contribution in [1.29, 1.82) is 0 Å². The Kier molecular flexibility index (Phi) is 20.3. The fourth-order valence-electron chi connectivity index (χ4n) is 8.56. The number of ether oxygens (including phenoxy) is 2. The van der Waals surface area contributed by atoms with Gasteiger partial charge in [-0.05, 0) is 113 Å². The van der Waals surface area contributed by atoms with Crippen molar-refractivity contribution in [2.75, 3.05) is 33.0 Å². The normalized spacial score (nSPS) is 15.4. The first-order valence-electron chi connectivity index (χ1n) is 22.9. The van der Waals surface area contributed by atoms with Gasteiger partial charge < -0.3 is 44.1 Å². The van der Waals surface area contributed by atoms with Crippen molar-refractivity contribution in [3.8, 4) is 56.8 Å². The highest BCUT2D eigenvalue weighted by molar-refractivity contribution is 7.68. The maximum Gasteiger partial charge on any atom is 0.289 e. The molecule has 2 unspecified atom stereocenters. The molecule has 0 saturated heterocycles. The first-order valence-corrected chi connectivity index (χ1v) is 26.3. The highest BCUT2D eigenvalue weighted by Crippen LogP contribution is 2.67. The zero-order chi connectivity index (χ0) is 49.1. The van der Waals surface area contributed by atoms with Gasteiger partial charge in [-0.3, -0.25) is 9.13 Å². The standard InChI is InChI=1S/C29H27O6P.C25H19O4P.C3H8O.3CH4/c30-17-19-33-23-13-9-21(10-14-23)29(22-11-15-24(16-12-22)34-20-18-31)36(32)28-8-4-2-6-26(28)25-5-1-3-7-27(25)35-36;26-19-13-9-17(10-14-19)25(18-11-15-20(27)16-12-18)30(28)24-8-4-2-6-22(24)21-5-1-3-7-23(21)29-30;1-2-3-4;;;/h1-16,29-31H,17-20H2;1-16,25-27H;4H,2-3H2,1H3;3*1H4. The number of phenolic OH excluding ortho intramolecular Hbond substituents is 2. The number of aliphatic hydroxyl groups excluding tert-OH is 3. The average molecular weight is 1030 g/mol. The topological polar surface area (TPSA) is 172 Å². The molecule has 0 saturated carbocycles. The van der Waals surface area contributed by atoms with Gasteiger partial charge in [-0.1, -0.05) is 151 Å². The van der Waals surface area contributed by atoms with E-state index in [-0.39, 0.29) is 60.2 Å². The van der Waals surface area contributed by atoms with E-state index in [9.17, 15) is 14.8 Å². The number of para-hydroxylation sites is 2. The minimum atomic E-state index is -3.52. The Hall–Kier alpha value is -7.10. The number of aromatic hydroxyl groups is 2. The summed E-state index contributed by atoms with van der Waals surface area (Å²) in [5, 5.41) is 46.9. The van der Waals surface area contributed by atoms with Crippen LogP contribution >= 0.6 is 14.7 Å². The lowest BCUT2D eigenvalue weighted by Gasteiger charge is -2.34. The van der Waals surface area contributed by atoms with Crippen LogP contribution in [0.1, 0.15) is 69.2 Å². The number of benzene rings is 8. The molecule has 0 radical (unpaired) electrons. The van der Waals surface area contributed by atoms with Crippen LogP contribution in [0.3, 0.4) is 0 Å². The van der Waals surface area contributed by atoms with Gasteiger partial charge in [-0.25, -0.2) is 0 Å². The average Bonchev–Trinajstić information content (AvgIpc) is 3.40. The molecule has 5 N–H and O–H groups in total. The minimum Gasteiger partial charge on any atom is -0.508 e. The molecule has 13 heteroatoms. The third-order valence-electron chi connectivity index (χ3n) is 11.7. The molecule has 0 amide bonds. The van der Waals surface area contributed by atoms with E-state index in [2.05, 4.69) is 0 Å². The molecular formula is C60H66O11P2. The second-order valence-corrected chi connectivity index (χ2v) is 21.1. The van der Waals surface area contributed by atoms with Crippen LogP contribution in [0.4, 0.5) is 0 Å². The van der Waals surface area contributed by atoms with Crippen LogP contribution in [0.2, 0.25) is 0 Å². The van der Waals surface area contributed by atoms with Crippen molar-refractivity contribution in [3.05, 3.63) is 216 Å². The van der Waals surface area contributed by atoms with Crippen LogP contribution in [-0.4, -0.2) is 58.6 Å². The molecule has 0 aromatic heterocycles. The van der Waals surface area contributed by atoms with Gasteiger partial charge in [-0.2, -0.15) is 0 Å². The highest BCUT2D eigenvalue weighted by atomic mass is 31.2. The van der Waals surface area contributed by atoms with E-state index in [0.717, 1.165) is 50.9 Å². The molecule has 10 rings (SSSR count). The van der Waals surface area contributed by atoms with E-state index in [4.69, 9.17) is 33.8 Å². The van der Waals surface area contributed by atoms with Gasteiger partial charge in [0.2, 0.25) is 0 Å². The van der Waals surface area contributed by atoms with Crippen LogP contribution in [0.25, 0.3) is 22.3 Å². The van der Waals surface area contributed by atoms with Gasteiger partial charge in [-0.15, -0.1) is 0 Å². The lowest BCUT2D eigenvalue weighted by atomic mass is 10.0. The zero-order valence-corrected chi connectivity index (χ0v) is 40.2. The second-order valence-electron chi connectivity index (χ2n) is 16.4. The summed E-state index contributed by atoms with van der Waals surface area (Å²) in [6.45, 7) is 2.50. The lowest BCUT2D eigenvalue weighted by Crippen LogP contribution is -2.22. The number of aliphatic hydroxyl groups is 3. The van der Waals surface area contributed by atoms with Crippen LogP contribution in [0.5, 0.6) is 34.5 Å². The maximum absolute atomic E-state index is 15.1. The number of hydrogen-bond acceptors (Lipinski definition) is 11. The molecule has 0 fully saturated rings. The van der Waals surface area contributed by atoms with E-state index in [0.29, 0.717) is 40.2 Å². The molecule has 2 heterocycles. The summed E-state index contributed by atoms with van der Waals surface area (Å²) in [6, 6.07) is 58.8. The largest absolute Gasteiger partial charge is 0.508 e. The number of rotatable bonds is 13. The van der Waals surface area contributed by atoms with Crippen molar-refractivity contribution in [3.63, 3.8) is 0 Å². The van der Waals surface area contributed by atoms with Gasteiger partial charge in [0.1, 0.15) is 59.0 Å². The molecule has 11 nitrogen and oxygen atoms in total. The van der Waals surface area contributed by atoms with Crippen molar-refractivity contribution in [2.45, 2.75) is 46.9 Å². The molecule has 0 bridgehead atoms. The van der Waals surface area contributed by atoms with Crippen molar-refractivity contribution < 1.29 is 53.2 Å². The van der Waals surface area contributed by atoms with E-state index < -0.39 is 26.1 Å². The fraction of sp³-hybridized carbons (Fsp3) is 0.200. The Bertz CT molecular complexity index is 2990. The molecule has 0 aliphatic carbocycles. The smallest absolute Gasteiger partial charge is 0.289 e. The van der Waals surface area contributed by atoms with Crippen molar-refractivity contribution in [2.24, 2.45) is 0 Å². The van der Waals surface area contributed by atoms with Gasteiger partial charge in [0.15, 0.2) is 0 Å². The third kappa shape index (κ3) is 12.4. The quantitative estimate of drug-likeness (QED) is 0.0696. The summed E-state index contributed by atoms with van der Waals surface area (Å²) >= 11 is 0. The van der Waals surface area contributed by atoms with Crippen molar-refractivity contribution >= 4 is 25.3 Å². The molecule has 2 aliphatic heterocycles. The van der Waals surface area contributed by atoms with Gasteiger partial charge in [0.05, 0.1) is 23.8 Å². The molecule has 2 aliphatic rings. The zero-order valence-electron chi connectivity index (χ0n) is 38.5. The fourth-order valence-corrected chi connectivity index (χ4v) is 14.3. The number of hydrogen-bond donors (Lipinski definition) is 5. The molecule has 2 atom stereocenters. The Morgan fingerprint density at radius 1 is 0.411 bits per heavy atom. The highest BCUT2D eigenvalue weighted by Gasteiger charge is 2.46. The molecule has 73 heavy (non-hydrogen) atoms. The van der Waals surface area contributed by atoms with E-state index in [1.165, 1.54) is 0 Å². The summed E-state index contributed by atoms with van der Waals surface area (Å²) < 4.78 is 53.6. The number of phenols is 2. The Morgan fingerprint density at radius 2 is 0.699 bits per heavy atom. The molecular weight excluding hydrogens is 959 g/mol. The summed E-state index contributed by atoms with van der Waals surface area (Å²) in [4.78, 5) is 0. The van der Waals surface area contributed by atoms with Gasteiger partial charge in [0.25, 0.3) is 14.7 Å². The first-order chi connectivity index (χ1) is 34.1. The van der Waals surface area contributed by atoms with E-state index in [1.54, 1.807) is 48.5 Å². The minimum absolute atomic E-state index is 0. The summed E-state index contributed by atoms with van der Waals surface area (Å²) in [5.41, 5.74) is 5.57. The SMILES string of the molecule is C.C.C.CCCO.O=P1(C(c2ccc(O)cc2)c2ccc(O)cc2)Oc2ccccc2-c2ccccc21.O=P1(C(c2ccc(OCCO)cc2)c2ccc(OCCO)cc2)Oc2ccccc2-c2ccccc21. The van der Waals surface area contributed by atoms with Gasteiger partial charge >= 0.3 is 0 Å². The van der Waals surface area contributed by atoms with E-state index >= 15 is 4.57 Å². The molecule has 382 valence electrons. The summed E-state index contributed by atoms with van der Waals surface area (Å²) in [6.07, 6.45) is 0.875. The predicted molar refractivity (Wildman–Crippen MR) is 295 cm³/mol. The molecule has 8 aromatic rings. The lowest BCUT2D eigenvalue weighted by molar-refractivity contribution is 0.201. The van der Waals surface area contributed by atoms with Crippen LogP contribution in [-0.2, 0) is 9.13 Å². The second kappa shape index (κ2) is 26.0. The maximum atomic E-state index is 15.1. The molecule has 8 aromatic carbocycles. The van der Waals surface area contributed by atoms with Gasteiger partial charge in [0, 0.05) is 17.7 Å².